The van der Waals surface area contributed by atoms with E-state index in [1.54, 1.807) is 6.08 Å². The fourth-order valence-electron chi connectivity index (χ4n) is 6.65. The molecule has 0 N–H and O–H groups in total. The molecule has 2 aromatic heterocycles. The van der Waals surface area contributed by atoms with Crippen LogP contribution in [0.2, 0.25) is 0 Å². The molecule has 0 aliphatic heterocycles. The second kappa shape index (κ2) is 11.9. The number of fused-ring (bicyclic) bond motifs is 3. The maximum Gasteiger partial charge on any atom is 0.185 e. The quantitative estimate of drug-likeness (QED) is 0.0982. The summed E-state index contributed by atoms with van der Waals surface area (Å²) < 4.78 is 8.16. The summed E-state index contributed by atoms with van der Waals surface area (Å²) in [7, 11) is 0. The molecule has 0 saturated heterocycles. The molecule has 0 saturated carbocycles. The first-order chi connectivity index (χ1) is 23.2. The fraction of sp³-hybridized carbons (Fsp3) is 0.0233. The molecular formula is C43H30N2O2. The molecule has 6 aromatic carbocycles. The summed E-state index contributed by atoms with van der Waals surface area (Å²) in [5, 5.41) is 1.93. The number of imidazole rings is 1. The van der Waals surface area contributed by atoms with Gasteiger partial charge in [-0.3, -0.25) is 4.79 Å². The Morgan fingerprint density at radius 3 is 1.87 bits per heavy atom. The van der Waals surface area contributed by atoms with Crippen molar-refractivity contribution in [1.82, 2.24) is 9.55 Å². The number of rotatable bonds is 8. The van der Waals surface area contributed by atoms with Crippen LogP contribution >= 0.6 is 0 Å². The highest BCUT2D eigenvalue weighted by atomic mass is 16.3. The van der Waals surface area contributed by atoms with Gasteiger partial charge in [0, 0.05) is 28.1 Å². The Morgan fingerprint density at radius 1 is 0.617 bits per heavy atom. The smallest absolute Gasteiger partial charge is 0.185 e. The number of nitrogens with zero attached hydrogens (tertiary/aromatic N) is 2. The SMILES string of the molecule is O=C(C=Cc1ccccc1-c1cn(C(c2ccccc2)(c2ccccc2)c2ccccc2)cn1)c1ccc2oc3ccccc3c2c1. The number of ketones is 1. The largest absolute Gasteiger partial charge is 0.456 e. The first kappa shape index (κ1) is 28.2. The predicted octanol–water partition coefficient (Wildman–Crippen LogP) is 10.2. The third kappa shape index (κ3) is 4.97. The van der Waals surface area contributed by atoms with E-state index in [1.165, 1.54) is 0 Å². The second-order valence-corrected chi connectivity index (χ2v) is 11.6. The van der Waals surface area contributed by atoms with E-state index in [0.29, 0.717) is 5.56 Å². The van der Waals surface area contributed by atoms with E-state index in [1.807, 2.05) is 91.3 Å². The van der Waals surface area contributed by atoms with E-state index in [2.05, 4.69) is 89.6 Å². The lowest BCUT2D eigenvalue weighted by Crippen LogP contribution is -2.36. The number of para-hydroxylation sites is 1. The number of aromatic nitrogens is 2. The van der Waals surface area contributed by atoms with E-state index in [9.17, 15) is 4.79 Å². The summed E-state index contributed by atoms with van der Waals surface area (Å²) in [5.41, 5.74) is 7.58. The van der Waals surface area contributed by atoms with Crippen molar-refractivity contribution in [2.45, 2.75) is 5.54 Å². The Balaban J connectivity index is 1.20. The van der Waals surface area contributed by atoms with Crippen LogP contribution in [0.25, 0.3) is 39.3 Å². The Hall–Kier alpha value is -6.26. The number of carbonyl (C=O) groups excluding carboxylic acids is 1. The first-order valence-electron chi connectivity index (χ1n) is 15.7. The van der Waals surface area contributed by atoms with E-state index < -0.39 is 5.54 Å². The Kier molecular flexibility index (Phi) is 7.16. The van der Waals surface area contributed by atoms with Crippen molar-refractivity contribution in [2.24, 2.45) is 0 Å². The predicted molar refractivity (Wildman–Crippen MR) is 189 cm³/mol. The van der Waals surface area contributed by atoms with Crippen LogP contribution in [-0.2, 0) is 5.54 Å². The van der Waals surface area contributed by atoms with Gasteiger partial charge >= 0.3 is 0 Å². The van der Waals surface area contributed by atoms with Gasteiger partial charge in [0.05, 0.1) is 12.0 Å². The van der Waals surface area contributed by atoms with Gasteiger partial charge in [-0.15, -0.1) is 0 Å². The highest BCUT2D eigenvalue weighted by Crippen LogP contribution is 2.41. The van der Waals surface area contributed by atoms with Crippen LogP contribution in [0.5, 0.6) is 0 Å². The molecule has 0 bridgehead atoms. The van der Waals surface area contributed by atoms with Crippen molar-refractivity contribution in [2.75, 3.05) is 0 Å². The van der Waals surface area contributed by atoms with Gasteiger partial charge < -0.3 is 8.98 Å². The van der Waals surface area contributed by atoms with Gasteiger partial charge in [-0.05, 0) is 52.6 Å². The summed E-state index contributed by atoms with van der Waals surface area (Å²) in [6.45, 7) is 0. The van der Waals surface area contributed by atoms with E-state index in [4.69, 9.17) is 9.40 Å². The Morgan fingerprint density at radius 2 is 1.19 bits per heavy atom. The summed E-state index contributed by atoms with van der Waals surface area (Å²) in [6.07, 6.45) is 7.55. The molecule has 0 unspecified atom stereocenters. The average Bonchev–Trinajstić information content (AvgIpc) is 3.78. The normalized spacial score (nSPS) is 11.8. The highest BCUT2D eigenvalue weighted by molar-refractivity contribution is 6.12. The van der Waals surface area contributed by atoms with Crippen molar-refractivity contribution >= 4 is 33.8 Å². The molecule has 0 aliphatic rings. The number of furan rings is 1. The Labute approximate surface area is 272 Å². The number of hydrogen-bond donors (Lipinski definition) is 0. The van der Waals surface area contributed by atoms with Crippen molar-refractivity contribution in [3.8, 4) is 11.3 Å². The molecule has 8 aromatic rings. The number of allylic oxidation sites excluding steroid dienone is 1. The van der Waals surface area contributed by atoms with Crippen molar-refractivity contribution in [3.63, 3.8) is 0 Å². The zero-order valence-electron chi connectivity index (χ0n) is 25.5. The van der Waals surface area contributed by atoms with Crippen molar-refractivity contribution in [3.05, 3.63) is 204 Å². The topological polar surface area (TPSA) is 48.0 Å². The summed E-state index contributed by atoms with van der Waals surface area (Å²) >= 11 is 0. The van der Waals surface area contributed by atoms with Crippen molar-refractivity contribution in [1.29, 1.82) is 0 Å². The third-order valence-corrected chi connectivity index (χ3v) is 8.86. The Bertz CT molecular complexity index is 2270. The van der Waals surface area contributed by atoms with Gasteiger partial charge in [0.1, 0.15) is 16.7 Å². The minimum Gasteiger partial charge on any atom is -0.456 e. The standard InChI is InChI=1S/C43H30N2O2/c46-40(32-25-27-42-38(28-32)37-22-12-13-23-41(37)47-42)26-24-31-14-10-11-21-36(31)39-29-45(30-44-39)43(33-15-4-1-5-16-33,34-17-6-2-7-18-34)35-19-8-3-9-20-35/h1-30H. The molecule has 47 heavy (non-hydrogen) atoms. The lowest BCUT2D eigenvalue weighted by molar-refractivity contribution is 0.104. The van der Waals surface area contributed by atoms with E-state index in [0.717, 1.165) is 55.4 Å². The molecule has 2 heterocycles. The average molecular weight is 607 g/mol. The van der Waals surface area contributed by atoms with Crippen LogP contribution < -0.4 is 0 Å². The zero-order chi connectivity index (χ0) is 31.6. The zero-order valence-corrected chi connectivity index (χ0v) is 25.5. The number of carbonyl (C=O) groups is 1. The van der Waals surface area contributed by atoms with Crippen LogP contribution in [0.15, 0.2) is 181 Å². The van der Waals surface area contributed by atoms with E-state index >= 15 is 0 Å². The van der Waals surface area contributed by atoms with E-state index in [-0.39, 0.29) is 5.78 Å². The molecule has 224 valence electrons. The minimum atomic E-state index is -0.661. The molecule has 8 rings (SSSR count). The third-order valence-electron chi connectivity index (χ3n) is 8.86. The van der Waals surface area contributed by atoms with Gasteiger partial charge in [-0.25, -0.2) is 4.98 Å². The molecule has 0 fully saturated rings. The summed E-state index contributed by atoms with van der Waals surface area (Å²) in [4.78, 5) is 18.4. The molecule has 0 aliphatic carbocycles. The molecule has 4 nitrogen and oxygen atoms in total. The molecule has 0 radical (unpaired) electrons. The highest BCUT2D eigenvalue weighted by Gasteiger charge is 2.38. The molecular weight excluding hydrogens is 576 g/mol. The summed E-state index contributed by atoms with van der Waals surface area (Å²) in [6, 6.07) is 53.2. The van der Waals surface area contributed by atoms with Gasteiger partial charge in [0.2, 0.25) is 0 Å². The van der Waals surface area contributed by atoms with Gasteiger partial charge in [-0.2, -0.15) is 0 Å². The number of benzene rings is 6. The first-order valence-corrected chi connectivity index (χ1v) is 15.7. The van der Waals surface area contributed by atoms with Gasteiger partial charge in [0.15, 0.2) is 5.78 Å². The summed E-state index contributed by atoms with van der Waals surface area (Å²) in [5.74, 6) is -0.0752. The fourth-order valence-corrected chi connectivity index (χ4v) is 6.65. The van der Waals surface area contributed by atoms with Gasteiger partial charge in [-0.1, -0.05) is 140 Å². The minimum absolute atomic E-state index is 0.0752. The van der Waals surface area contributed by atoms with Crippen LogP contribution in [0.3, 0.4) is 0 Å². The molecule has 0 atom stereocenters. The second-order valence-electron chi connectivity index (χ2n) is 11.6. The molecule has 0 amide bonds. The van der Waals surface area contributed by atoms with Crippen molar-refractivity contribution < 1.29 is 9.21 Å². The lowest BCUT2D eigenvalue weighted by atomic mass is 9.77. The molecule has 4 heteroatoms. The van der Waals surface area contributed by atoms with Crippen LogP contribution in [0.4, 0.5) is 0 Å². The maximum absolute atomic E-state index is 13.4. The lowest BCUT2D eigenvalue weighted by Gasteiger charge is -2.37. The number of hydrogen-bond acceptors (Lipinski definition) is 3. The molecule has 0 spiro atoms. The van der Waals surface area contributed by atoms with Crippen LogP contribution in [0, 0.1) is 0 Å². The van der Waals surface area contributed by atoms with Gasteiger partial charge in [0.25, 0.3) is 0 Å². The van der Waals surface area contributed by atoms with Crippen LogP contribution in [0.1, 0.15) is 32.6 Å². The maximum atomic E-state index is 13.4. The monoisotopic (exact) mass is 606 g/mol. The van der Waals surface area contributed by atoms with Crippen LogP contribution in [-0.4, -0.2) is 15.3 Å².